The molecule has 0 atom stereocenters. The SMILES string of the molecule is CN(C)C(=O)c1cc(F)c(C2=CCNCC2)cc1C1CC1. The first-order valence-electron chi connectivity index (χ1n) is 7.53. The monoisotopic (exact) mass is 288 g/mol. The number of hydrogen-bond acceptors (Lipinski definition) is 2. The van der Waals surface area contributed by atoms with Crippen molar-refractivity contribution in [3.05, 3.63) is 40.7 Å². The van der Waals surface area contributed by atoms with Crippen molar-refractivity contribution in [3.63, 3.8) is 0 Å². The van der Waals surface area contributed by atoms with E-state index >= 15 is 0 Å². The Balaban J connectivity index is 2.06. The first-order chi connectivity index (χ1) is 10.1. The van der Waals surface area contributed by atoms with Crippen LogP contribution in [0.3, 0.4) is 0 Å². The van der Waals surface area contributed by atoms with Gasteiger partial charge in [-0.3, -0.25) is 4.79 Å². The maximum absolute atomic E-state index is 14.5. The fraction of sp³-hybridized carbons (Fsp3) is 0.471. The molecule has 2 aliphatic rings. The van der Waals surface area contributed by atoms with E-state index < -0.39 is 0 Å². The maximum Gasteiger partial charge on any atom is 0.253 e. The third-order valence-corrected chi connectivity index (χ3v) is 4.20. The van der Waals surface area contributed by atoms with Gasteiger partial charge in [0.25, 0.3) is 5.91 Å². The van der Waals surface area contributed by atoms with Gasteiger partial charge >= 0.3 is 0 Å². The summed E-state index contributed by atoms with van der Waals surface area (Å²) >= 11 is 0. The topological polar surface area (TPSA) is 32.3 Å². The molecule has 112 valence electrons. The van der Waals surface area contributed by atoms with Gasteiger partial charge in [0.05, 0.1) is 0 Å². The van der Waals surface area contributed by atoms with Crippen LogP contribution < -0.4 is 5.32 Å². The summed E-state index contributed by atoms with van der Waals surface area (Å²) in [4.78, 5) is 13.8. The Kier molecular flexibility index (Phi) is 3.81. The van der Waals surface area contributed by atoms with Crippen molar-refractivity contribution in [1.29, 1.82) is 0 Å². The predicted molar refractivity (Wildman–Crippen MR) is 81.9 cm³/mol. The number of benzene rings is 1. The molecule has 1 N–H and O–H groups in total. The Morgan fingerprint density at radius 3 is 2.67 bits per heavy atom. The molecule has 0 spiro atoms. The second-order valence-electron chi connectivity index (χ2n) is 6.08. The van der Waals surface area contributed by atoms with Gasteiger partial charge in [0.15, 0.2) is 0 Å². The highest BCUT2D eigenvalue weighted by Crippen LogP contribution is 2.43. The minimum atomic E-state index is -0.280. The molecule has 0 aromatic heterocycles. The average Bonchev–Trinajstić information content (AvgIpc) is 3.31. The molecular weight excluding hydrogens is 267 g/mol. The molecule has 0 bridgehead atoms. The normalized spacial score (nSPS) is 18.3. The Morgan fingerprint density at radius 2 is 2.10 bits per heavy atom. The van der Waals surface area contributed by atoms with Gasteiger partial charge in [-0.15, -0.1) is 0 Å². The van der Waals surface area contributed by atoms with E-state index in [1.165, 1.54) is 11.0 Å². The summed E-state index contributed by atoms with van der Waals surface area (Å²) in [6.45, 7) is 1.66. The molecule has 21 heavy (non-hydrogen) atoms. The van der Waals surface area contributed by atoms with Gasteiger partial charge in [-0.2, -0.15) is 0 Å². The fourth-order valence-corrected chi connectivity index (χ4v) is 2.86. The number of amides is 1. The van der Waals surface area contributed by atoms with Gasteiger partial charge < -0.3 is 10.2 Å². The van der Waals surface area contributed by atoms with E-state index in [9.17, 15) is 9.18 Å². The van der Waals surface area contributed by atoms with Crippen LogP contribution in [-0.2, 0) is 0 Å². The van der Waals surface area contributed by atoms with Crippen molar-refractivity contribution in [2.24, 2.45) is 0 Å². The van der Waals surface area contributed by atoms with Crippen LogP contribution in [0.15, 0.2) is 18.2 Å². The van der Waals surface area contributed by atoms with Crippen LogP contribution in [-0.4, -0.2) is 38.0 Å². The highest BCUT2D eigenvalue weighted by atomic mass is 19.1. The molecule has 0 radical (unpaired) electrons. The van der Waals surface area contributed by atoms with E-state index in [1.54, 1.807) is 14.1 Å². The second-order valence-corrected chi connectivity index (χ2v) is 6.08. The minimum absolute atomic E-state index is 0.110. The molecule has 0 unspecified atom stereocenters. The van der Waals surface area contributed by atoms with Crippen molar-refractivity contribution in [3.8, 4) is 0 Å². The quantitative estimate of drug-likeness (QED) is 0.927. The van der Waals surface area contributed by atoms with Gasteiger partial charge in [0.1, 0.15) is 5.82 Å². The number of carbonyl (C=O) groups excluding carboxylic acids is 1. The third kappa shape index (κ3) is 2.86. The summed E-state index contributed by atoms with van der Waals surface area (Å²) in [5.41, 5.74) is 3.27. The molecule has 3 rings (SSSR count). The number of nitrogens with zero attached hydrogens (tertiary/aromatic N) is 1. The summed E-state index contributed by atoms with van der Waals surface area (Å²) in [6, 6.07) is 3.36. The Hall–Kier alpha value is -1.68. The van der Waals surface area contributed by atoms with Gasteiger partial charge in [0, 0.05) is 31.8 Å². The van der Waals surface area contributed by atoms with Crippen LogP contribution in [0, 0.1) is 5.82 Å². The van der Waals surface area contributed by atoms with Gasteiger partial charge in [0.2, 0.25) is 0 Å². The summed E-state index contributed by atoms with van der Waals surface area (Å²) in [5.74, 6) is 0.0324. The highest BCUT2D eigenvalue weighted by molar-refractivity contribution is 5.96. The van der Waals surface area contributed by atoms with Crippen LogP contribution in [0.25, 0.3) is 5.57 Å². The lowest BCUT2D eigenvalue weighted by molar-refractivity contribution is 0.0826. The number of hydrogen-bond donors (Lipinski definition) is 1. The molecule has 1 aromatic carbocycles. The summed E-state index contributed by atoms with van der Waals surface area (Å²) < 4.78 is 14.5. The zero-order valence-corrected chi connectivity index (χ0v) is 12.6. The first-order valence-corrected chi connectivity index (χ1v) is 7.53. The molecule has 1 aliphatic carbocycles. The van der Waals surface area contributed by atoms with E-state index in [0.717, 1.165) is 43.5 Å². The lowest BCUT2D eigenvalue weighted by Gasteiger charge is -2.19. The second kappa shape index (κ2) is 5.60. The minimum Gasteiger partial charge on any atom is -0.345 e. The van der Waals surface area contributed by atoms with Crippen molar-refractivity contribution in [2.75, 3.05) is 27.2 Å². The largest absolute Gasteiger partial charge is 0.345 e. The summed E-state index contributed by atoms with van der Waals surface area (Å²) in [5, 5.41) is 3.24. The van der Waals surface area contributed by atoms with Crippen molar-refractivity contribution >= 4 is 11.5 Å². The highest BCUT2D eigenvalue weighted by Gasteiger charge is 2.30. The molecule has 1 saturated carbocycles. The number of rotatable bonds is 3. The molecule has 0 saturated heterocycles. The van der Waals surface area contributed by atoms with Gasteiger partial charge in [-0.1, -0.05) is 6.08 Å². The Bertz CT molecular complexity index is 603. The Labute approximate surface area is 124 Å². The van der Waals surface area contributed by atoms with Crippen LogP contribution in [0.1, 0.15) is 46.7 Å². The maximum atomic E-state index is 14.5. The molecular formula is C17H21FN2O. The third-order valence-electron chi connectivity index (χ3n) is 4.20. The van der Waals surface area contributed by atoms with Crippen molar-refractivity contribution in [2.45, 2.75) is 25.2 Å². The van der Waals surface area contributed by atoms with Crippen molar-refractivity contribution < 1.29 is 9.18 Å². The average molecular weight is 288 g/mol. The fourth-order valence-electron chi connectivity index (χ4n) is 2.86. The van der Waals surface area contributed by atoms with Crippen molar-refractivity contribution in [1.82, 2.24) is 10.2 Å². The standard InChI is InChI=1S/C17H21FN2O/c1-20(2)17(21)15-10-16(18)14(9-13(15)11-3-4-11)12-5-7-19-8-6-12/h5,9-11,19H,3-4,6-8H2,1-2H3. The molecule has 3 nitrogen and oxygen atoms in total. The van der Waals surface area contributed by atoms with E-state index in [1.807, 2.05) is 12.1 Å². The zero-order chi connectivity index (χ0) is 15.0. The van der Waals surface area contributed by atoms with Crippen LogP contribution in [0.2, 0.25) is 0 Å². The smallest absolute Gasteiger partial charge is 0.253 e. The van der Waals surface area contributed by atoms with Gasteiger partial charge in [-0.05, 0) is 55.0 Å². The molecule has 1 aromatic rings. The van der Waals surface area contributed by atoms with E-state index in [2.05, 4.69) is 5.32 Å². The number of halogens is 1. The van der Waals surface area contributed by atoms with Crippen LogP contribution in [0.5, 0.6) is 0 Å². The summed E-state index contributed by atoms with van der Waals surface area (Å²) in [7, 11) is 3.42. The van der Waals surface area contributed by atoms with E-state index in [0.29, 0.717) is 17.0 Å². The molecule has 4 heteroatoms. The lowest BCUT2D eigenvalue weighted by Crippen LogP contribution is -2.24. The summed E-state index contributed by atoms with van der Waals surface area (Å²) in [6.07, 6.45) is 5.08. The Morgan fingerprint density at radius 1 is 1.33 bits per heavy atom. The van der Waals surface area contributed by atoms with Crippen LogP contribution >= 0.6 is 0 Å². The number of nitrogens with one attached hydrogen (secondary N) is 1. The van der Waals surface area contributed by atoms with E-state index in [4.69, 9.17) is 0 Å². The van der Waals surface area contributed by atoms with Gasteiger partial charge in [-0.25, -0.2) is 4.39 Å². The molecule has 1 fully saturated rings. The predicted octanol–water partition coefficient (Wildman–Crippen LogP) is 2.78. The molecule has 1 aliphatic heterocycles. The number of carbonyl (C=O) groups is 1. The van der Waals surface area contributed by atoms with Crippen LogP contribution in [0.4, 0.5) is 4.39 Å². The lowest BCUT2D eigenvalue weighted by atomic mass is 9.93. The molecule has 1 heterocycles. The molecule has 1 amide bonds. The van der Waals surface area contributed by atoms with E-state index in [-0.39, 0.29) is 11.7 Å². The first kappa shape index (κ1) is 14.3. The zero-order valence-electron chi connectivity index (χ0n) is 12.6.